The third-order valence-corrected chi connectivity index (χ3v) is 3.39. The molecule has 0 spiro atoms. The minimum Gasteiger partial charge on any atom is -0.378 e. The molecule has 0 amide bonds. The first kappa shape index (κ1) is 12.5. The van der Waals surface area contributed by atoms with E-state index in [-0.39, 0.29) is 17.5 Å². The van der Waals surface area contributed by atoms with E-state index in [0.29, 0.717) is 18.0 Å². The second-order valence-corrected chi connectivity index (χ2v) is 4.73. The molecule has 0 radical (unpaired) electrons. The van der Waals surface area contributed by atoms with Crippen molar-refractivity contribution in [1.29, 1.82) is 0 Å². The van der Waals surface area contributed by atoms with E-state index in [1.807, 2.05) is 0 Å². The van der Waals surface area contributed by atoms with E-state index >= 15 is 0 Å². The molecule has 18 heavy (non-hydrogen) atoms. The molecular formula is C11H17N5O2. The van der Waals surface area contributed by atoms with Gasteiger partial charge >= 0.3 is 5.69 Å². The number of hydrogen-bond acceptors (Lipinski definition) is 6. The summed E-state index contributed by atoms with van der Waals surface area (Å²) in [6.45, 7) is 0. The van der Waals surface area contributed by atoms with Crippen LogP contribution in [0.5, 0.6) is 0 Å². The number of aromatic nitrogens is 2. The molecule has 1 fully saturated rings. The van der Waals surface area contributed by atoms with Gasteiger partial charge in [-0.3, -0.25) is 10.1 Å². The maximum Gasteiger partial charge on any atom is 0.332 e. The predicted octanol–water partition coefficient (Wildman–Crippen LogP) is 1.67. The van der Waals surface area contributed by atoms with Crippen molar-refractivity contribution in [3.05, 3.63) is 15.8 Å². The summed E-state index contributed by atoms with van der Waals surface area (Å²) in [6, 6.07) is 0. The smallest absolute Gasteiger partial charge is 0.332 e. The average Bonchev–Trinajstić information content (AvgIpc) is 2.28. The molecule has 0 aliphatic heterocycles. The minimum atomic E-state index is -0.521. The Balaban J connectivity index is 2.27. The minimum absolute atomic E-state index is 0.00362. The second kappa shape index (κ2) is 5.16. The van der Waals surface area contributed by atoms with Crippen molar-refractivity contribution in [3.8, 4) is 0 Å². The van der Waals surface area contributed by atoms with Crippen molar-refractivity contribution in [3.63, 3.8) is 0 Å². The van der Waals surface area contributed by atoms with Crippen LogP contribution in [-0.4, -0.2) is 14.9 Å². The highest BCUT2D eigenvalue weighted by atomic mass is 16.6. The molecule has 1 aliphatic rings. The Morgan fingerprint density at radius 2 is 1.89 bits per heavy atom. The lowest BCUT2D eigenvalue weighted by molar-refractivity contribution is -0.385. The molecule has 0 bridgehead atoms. The fourth-order valence-electron chi connectivity index (χ4n) is 2.55. The Labute approximate surface area is 105 Å². The van der Waals surface area contributed by atoms with E-state index in [4.69, 9.17) is 11.5 Å². The Morgan fingerprint density at radius 1 is 1.22 bits per heavy atom. The van der Waals surface area contributed by atoms with Gasteiger partial charge in [0.15, 0.2) is 0 Å². The normalized spacial score (nSPS) is 16.7. The van der Waals surface area contributed by atoms with Gasteiger partial charge in [0.2, 0.25) is 11.8 Å². The number of nitrogens with zero attached hydrogens (tertiary/aromatic N) is 3. The highest BCUT2D eigenvalue weighted by Gasteiger charge is 2.25. The van der Waals surface area contributed by atoms with Gasteiger partial charge in [0.1, 0.15) is 5.69 Å². The van der Waals surface area contributed by atoms with Crippen LogP contribution < -0.4 is 11.5 Å². The predicted molar refractivity (Wildman–Crippen MR) is 67.8 cm³/mol. The topological polar surface area (TPSA) is 121 Å². The maximum absolute atomic E-state index is 11.0. The van der Waals surface area contributed by atoms with Crippen LogP contribution in [0.2, 0.25) is 0 Å². The van der Waals surface area contributed by atoms with Gasteiger partial charge in [-0.2, -0.15) is 4.98 Å². The molecule has 0 saturated heterocycles. The van der Waals surface area contributed by atoms with Crippen molar-refractivity contribution in [1.82, 2.24) is 9.97 Å². The summed E-state index contributed by atoms with van der Waals surface area (Å²) in [5.41, 5.74) is 11.3. The maximum atomic E-state index is 11.0. The zero-order chi connectivity index (χ0) is 13.1. The second-order valence-electron chi connectivity index (χ2n) is 4.73. The molecule has 1 aliphatic carbocycles. The number of nitro groups is 1. The van der Waals surface area contributed by atoms with Crippen LogP contribution in [-0.2, 0) is 6.42 Å². The van der Waals surface area contributed by atoms with E-state index in [1.165, 1.54) is 19.3 Å². The van der Waals surface area contributed by atoms with Crippen LogP contribution >= 0.6 is 0 Å². The molecule has 0 atom stereocenters. The number of anilines is 2. The van der Waals surface area contributed by atoms with Crippen LogP contribution in [0.1, 0.15) is 37.8 Å². The molecular weight excluding hydrogens is 234 g/mol. The molecule has 4 N–H and O–H groups in total. The zero-order valence-corrected chi connectivity index (χ0v) is 10.1. The Morgan fingerprint density at radius 3 is 2.50 bits per heavy atom. The van der Waals surface area contributed by atoms with E-state index < -0.39 is 4.92 Å². The SMILES string of the molecule is Nc1nc(N)c([N+](=O)[O-])c(CC2CCCCC2)n1. The van der Waals surface area contributed by atoms with Crippen LogP contribution in [0.3, 0.4) is 0 Å². The van der Waals surface area contributed by atoms with Crippen LogP contribution in [0.15, 0.2) is 0 Å². The van der Waals surface area contributed by atoms with E-state index in [1.54, 1.807) is 0 Å². The van der Waals surface area contributed by atoms with Crippen molar-refractivity contribution >= 4 is 17.5 Å². The van der Waals surface area contributed by atoms with Crippen LogP contribution in [0, 0.1) is 16.0 Å². The number of nitrogens with two attached hydrogens (primary N) is 2. The third kappa shape index (κ3) is 2.66. The lowest BCUT2D eigenvalue weighted by Gasteiger charge is -2.21. The largest absolute Gasteiger partial charge is 0.378 e. The van der Waals surface area contributed by atoms with E-state index in [0.717, 1.165) is 12.8 Å². The first-order valence-electron chi connectivity index (χ1n) is 6.14. The Kier molecular flexibility index (Phi) is 3.59. The Bertz CT molecular complexity index is 457. The van der Waals surface area contributed by atoms with Gasteiger partial charge in [0, 0.05) is 0 Å². The molecule has 1 heterocycles. The van der Waals surface area contributed by atoms with Gasteiger partial charge in [0.05, 0.1) is 4.92 Å². The van der Waals surface area contributed by atoms with E-state index in [2.05, 4.69) is 9.97 Å². The van der Waals surface area contributed by atoms with Gasteiger partial charge in [-0.05, 0) is 12.3 Å². The fraction of sp³-hybridized carbons (Fsp3) is 0.636. The molecule has 7 heteroatoms. The molecule has 98 valence electrons. The quantitative estimate of drug-likeness (QED) is 0.622. The highest BCUT2D eigenvalue weighted by Crippen LogP contribution is 2.31. The molecule has 2 rings (SSSR count). The summed E-state index contributed by atoms with van der Waals surface area (Å²) < 4.78 is 0. The first-order chi connectivity index (χ1) is 8.58. The molecule has 0 aromatic carbocycles. The van der Waals surface area contributed by atoms with Crippen molar-refractivity contribution in [2.45, 2.75) is 38.5 Å². The molecule has 1 saturated carbocycles. The van der Waals surface area contributed by atoms with Gasteiger partial charge in [-0.15, -0.1) is 0 Å². The van der Waals surface area contributed by atoms with Gasteiger partial charge in [-0.25, -0.2) is 4.98 Å². The van der Waals surface area contributed by atoms with Crippen molar-refractivity contribution in [2.75, 3.05) is 11.5 Å². The monoisotopic (exact) mass is 251 g/mol. The number of hydrogen-bond donors (Lipinski definition) is 2. The zero-order valence-electron chi connectivity index (χ0n) is 10.1. The standard InChI is InChI=1S/C11H17N5O2/c12-10-9(16(17)18)8(14-11(13)15-10)6-7-4-2-1-3-5-7/h7H,1-6H2,(H4,12,13,14,15). The van der Waals surface area contributed by atoms with Crippen LogP contribution in [0.25, 0.3) is 0 Å². The highest BCUT2D eigenvalue weighted by molar-refractivity contribution is 5.57. The lowest BCUT2D eigenvalue weighted by atomic mass is 9.86. The average molecular weight is 251 g/mol. The lowest BCUT2D eigenvalue weighted by Crippen LogP contribution is -2.14. The summed E-state index contributed by atoms with van der Waals surface area (Å²) >= 11 is 0. The Hall–Kier alpha value is -1.92. The van der Waals surface area contributed by atoms with Gasteiger partial charge in [-0.1, -0.05) is 32.1 Å². The summed E-state index contributed by atoms with van der Waals surface area (Å²) in [4.78, 5) is 18.1. The number of rotatable bonds is 3. The summed E-state index contributed by atoms with van der Waals surface area (Å²) in [7, 11) is 0. The van der Waals surface area contributed by atoms with Crippen molar-refractivity contribution in [2.24, 2.45) is 5.92 Å². The van der Waals surface area contributed by atoms with Gasteiger partial charge in [0.25, 0.3) is 0 Å². The van der Waals surface area contributed by atoms with Crippen LogP contribution in [0.4, 0.5) is 17.5 Å². The van der Waals surface area contributed by atoms with Crippen molar-refractivity contribution < 1.29 is 4.92 Å². The molecule has 7 nitrogen and oxygen atoms in total. The summed E-state index contributed by atoms with van der Waals surface area (Å²) in [6.07, 6.45) is 6.32. The molecule has 1 aromatic heterocycles. The number of nitrogen functional groups attached to an aromatic ring is 2. The van der Waals surface area contributed by atoms with E-state index in [9.17, 15) is 10.1 Å². The fourth-order valence-corrected chi connectivity index (χ4v) is 2.55. The van der Waals surface area contributed by atoms with Gasteiger partial charge < -0.3 is 11.5 Å². The summed E-state index contributed by atoms with van der Waals surface area (Å²) in [5.74, 6) is 0.299. The first-order valence-corrected chi connectivity index (χ1v) is 6.14. The summed E-state index contributed by atoms with van der Waals surface area (Å²) in [5, 5.41) is 11.0. The molecule has 0 unspecified atom stereocenters. The third-order valence-electron chi connectivity index (χ3n) is 3.39. The molecule has 1 aromatic rings.